The number of phenolic OH excluding ortho intramolecular Hbond substituents is 1. The maximum absolute atomic E-state index is 8.80. The van der Waals surface area contributed by atoms with Crippen LogP contribution in [0, 0.1) is 0 Å². The number of methoxy groups -OCH3 is 1. The minimum absolute atomic E-state index is 0.260. The summed E-state index contributed by atoms with van der Waals surface area (Å²) in [7, 11) is 1.59. The van der Waals surface area contributed by atoms with Crippen LogP contribution in [0.4, 0.5) is 0 Å². The Labute approximate surface area is 94.9 Å². The van der Waals surface area contributed by atoms with E-state index >= 15 is 0 Å². The van der Waals surface area contributed by atoms with Crippen LogP contribution in [0.5, 0.6) is 11.5 Å². The van der Waals surface area contributed by atoms with E-state index in [0.717, 1.165) is 5.75 Å². The highest BCUT2D eigenvalue weighted by Gasteiger charge is 1.87. The van der Waals surface area contributed by atoms with E-state index in [1.807, 2.05) is 41.5 Å². The van der Waals surface area contributed by atoms with Crippen LogP contribution < -0.4 is 4.74 Å². The largest absolute Gasteiger partial charge is 0.508 e. The summed E-state index contributed by atoms with van der Waals surface area (Å²) in [5.74, 6) is 1.02. The average molecular weight is 214 g/mol. The lowest BCUT2D eigenvalue weighted by Gasteiger charge is -1.96. The highest BCUT2D eigenvalue weighted by atomic mass is 16.5. The smallest absolute Gasteiger partial charge is 0.119 e. The first-order chi connectivity index (χ1) is 7.33. The number of aromatic hydroxyl groups is 1. The summed E-state index contributed by atoms with van der Waals surface area (Å²) >= 11 is 0. The van der Waals surface area contributed by atoms with Gasteiger partial charge in [-0.1, -0.05) is 41.5 Å². The van der Waals surface area contributed by atoms with Crippen LogP contribution in [0.15, 0.2) is 24.3 Å². The van der Waals surface area contributed by atoms with E-state index in [2.05, 4.69) is 0 Å². The van der Waals surface area contributed by atoms with Gasteiger partial charge in [0.15, 0.2) is 0 Å². The van der Waals surface area contributed by atoms with Gasteiger partial charge in [0.05, 0.1) is 7.11 Å². The maximum atomic E-state index is 8.80. The predicted molar refractivity (Wildman–Crippen MR) is 68.7 cm³/mol. The quantitative estimate of drug-likeness (QED) is 0.747. The van der Waals surface area contributed by atoms with Crippen molar-refractivity contribution < 1.29 is 9.84 Å². The van der Waals surface area contributed by atoms with Gasteiger partial charge in [0.2, 0.25) is 0 Å². The molecule has 15 heavy (non-hydrogen) atoms. The molecule has 1 aromatic carbocycles. The molecule has 2 nitrogen and oxygen atoms in total. The SMILES string of the molecule is CC.CC.CC.COc1ccc(O)cc1. The predicted octanol–water partition coefficient (Wildman–Crippen LogP) is 4.48. The van der Waals surface area contributed by atoms with Crippen molar-refractivity contribution in [1.82, 2.24) is 0 Å². The van der Waals surface area contributed by atoms with Crippen molar-refractivity contribution in [2.24, 2.45) is 0 Å². The van der Waals surface area contributed by atoms with Gasteiger partial charge in [0, 0.05) is 0 Å². The summed E-state index contributed by atoms with van der Waals surface area (Å²) in [5, 5.41) is 8.80. The number of benzene rings is 1. The van der Waals surface area contributed by atoms with Gasteiger partial charge in [-0.05, 0) is 24.3 Å². The first-order valence-electron chi connectivity index (χ1n) is 5.66. The van der Waals surface area contributed by atoms with E-state index in [4.69, 9.17) is 9.84 Å². The molecule has 0 amide bonds. The van der Waals surface area contributed by atoms with Gasteiger partial charge in [0.1, 0.15) is 11.5 Å². The Morgan fingerprint density at radius 1 is 0.800 bits per heavy atom. The minimum Gasteiger partial charge on any atom is -0.508 e. The van der Waals surface area contributed by atoms with Crippen LogP contribution in [0.1, 0.15) is 41.5 Å². The van der Waals surface area contributed by atoms with Crippen LogP contribution in [0.3, 0.4) is 0 Å². The Kier molecular flexibility index (Phi) is 24.0. The highest BCUT2D eigenvalue weighted by Crippen LogP contribution is 2.14. The molecule has 0 aliphatic heterocycles. The van der Waals surface area contributed by atoms with Crippen LogP contribution in [0.2, 0.25) is 0 Å². The maximum Gasteiger partial charge on any atom is 0.119 e. The molecule has 90 valence electrons. The second-order valence-corrected chi connectivity index (χ2v) is 1.70. The lowest BCUT2D eigenvalue weighted by Crippen LogP contribution is -1.79. The molecule has 0 bridgehead atoms. The van der Waals surface area contributed by atoms with Crippen molar-refractivity contribution >= 4 is 0 Å². The van der Waals surface area contributed by atoms with Gasteiger partial charge in [-0.25, -0.2) is 0 Å². The summed E-state index contributed by atoms with van der Waals surface area (Å²) in [6.45, 7) is 12.0. The average Bonchev–Trinajstić information content (AvgIpc) is 2.38. The molecule has 0 atom stereocenters. The number of rotatable bonds is 1. The molecule has 1 aromatic rings. The molecule has 0 saturated heterocycles. The van der Waals surface area contributed by atoms with Crippen LogP contribution in [-0.2, 0) is 0 Å². The second kappa shape index (κ2) is 18.6. The zero-order valence-electron chi connectivity index (χ0n) is 11.2. The molecule has 1 N–H and O–H groups in total. The van der Waals surface area contributed by atoms with Crippen LogP contribution >= 0.6 is 0 Å². The number of hydrogen-bond donors (Lipinski definition) is 1. The molecule has 0 fully saturated rings. The third-order valence-corrected chi connectivity index (χ3v) is 1.07. The normalized spacial score (nSPS) is 6.60. The summed E-state index contributed by atoms with van der Waals surface area (Å²) < 4.78 is 4.86. The fourth-order valence-electron chi connectivity index (χ4n) is 0.582. The van der Waals surface area contributed by atoms with E-state index in [1.54, 1.807) is 31.4 Å². The van der Waals surface area contributed by atoms with E-state index in [1.165, 1.54) is 0 Å². The zero-order chi connectivity index (χ0) is 12.7. The highest BCUT2D eigenvalue weighted by molar-refractivity contribution is 5.29. The molecule has 0 heterocycles. The third kappa shape index (κ3) is 12.8. The van der Waals surface area contributed by atoms with E-state index in [0.29, 0.717) is 0 Å². The molecule has 0 unspecified atom stereocenters. The Hall–Kier alpha value is -1.18. The van der Waals surface area contributed by atoms with Crippen molar-refractivity contribution in [1.29, 1.82) is 0 Å². The molecular formula is C13H26O2. The van der Waals surface area contributed by atoms with E-state index < -0.39 is 0 Å². The molecule has 0 aliphatic carbocycles. The minimum atomic E-state index is 0.260. The lowest BCUT2D eigenvalue weighted by molar-refractivity contribution is 0.412. The van der Waals surface area contributed by atoms with Crippen LogP contribution in [0.25, 0.3) is 0 Å². The van der Waals surface area contributed by atoms with Gasteiger partial charge in [-0.3, -0.25) is 0 Å². The lowest BCUT2D eigenvalue weighted by atomic mass is 10.3. The van der Waals surface area contributed by atoms with Crippen molar-refractivity contribution in [3.8, 4) is 11.5 Å². The fraction of sp³-hybridized carbons (Fsp3) is 0.538. The summed E-state index contributed by atoms with van der Waals surface area (Å²) in [4.78, 5) is 0. The Bertz CT molecular complexity index is 180. The van der Waals surface area contributed by atoms with Gasteiger partial charge in [0.25, 0.3) is 0 Å². The molecule has 0 aromatic heterocycles. The molecule has 2 heteroatoms. The standard InChI is InChI=1S/C7H8O2.3C2H6/c1-9-7-4-2-6(8)3-5-7;3*1-2/h2-5,8H,1H3;3*1-2H3. The summed E-state index contributed by atoms with van der Waals surface area (Å²) in [6.07, 6.45) is 0. The third-order valence-electron chi connectivity index (χ3n) is 1.07. The molecule has 1 rings (SSSR count). The first-order valence-corrected chi connectivity index (χ1v) is 5.66. The van der Waals surface area contributed by atoms with Gasteiger partial charge in [-0.15, -0.1) is 0 Å². The van der Waals surface area contributed by atoms with Crippen molar-refractivity contribution in [2.75, 3.05) is 7.11 Å². The molecule has 0 radical (unpaired) electrons. The second-order valence-electron chi connectivity index (χ2n) is 1.70. The molecule has 0 saturated carbocycles. The van der Waals surface area contributed by atoms with Gasteiger partial charge >= 0.3 is 0 Å². The van der Waals surface area contributed by atoms with Crippen LogP contribution in [-0.4, -0.2) is 12.2 Å². The molecular weight excluding hydrogens is 188 g/mol. The summed E-state index contributed by atoms with van der Waals surface area (Å²) in [6, 6.07) is 6.57. The van der Waals surface area contributed by atoms with Gasteiger partial charge < -0.3 is 9.84 Å². The Balaban J connectivity index is -0.000000208. The first kappa shape index (κ1) is 19.4. The fourth-order valence-corrected chi connectivity index (χ4v) is 0.582. The van der Waals surface area contributed by atoms with Crippen molar-refractivity contribution in [2.45, 2.75) is 41.5 Å². The number of ether oxygens (including phenoxy) is 1. The number of phenols is 1. The number of hydrogen-bond acceptors (Lipinski definition) is 2. The molecule has 0 aliphatic rings. The Morgan fingerprint density at radius 2 is 1.13 bits per heavy atom. The summed E-state index contributed by atoms with van der Waals surface area (Å²) in [5.41, 5.74) is 0. The topological polar surface area (TPSA) is 29.5 Å². The zero-order valence-corrected chi connectivity index (χ0v) is 11.2. The van der Waals surface area contributed by atoms with E-state index in [9.17, 15) is 0 Å². The van der Waals surface area contributed by atoms with E-state index in [-0.39, 0.29) is 5.75 Å². The van der Waals surface area contributed by atoms with Crippen molar-refractivity contribution in [3.63, 3.8) is 0 Å². The van der Waals surface area contributed by atoms with Crippen molar-refractivity contribution in [3.05, 3.63) is 24.3 Å². The Morgan fingerprint density at radius 3 is 1.40 bits per heavy atom. The monoisotopic (exact) mass is 214 g/mol. The molecule has 0 spiro atoms. The van der Waals surface area contributed by atoms with Gasteiger partial charge in [-0.2, -0.15) is 0 Å².